The lowest BCUT2D eigenvalue weighted by Crippen LogP contribution is -2.29. The van der Waals surface area contributed by atoms with Crippen molar-refractivity contribution in [3.05, 3.63) is 29.8 Å². The Labute approximate surface area is 99.6 Å². The van der Waals surface area contributed by atoms with Crippen LogP contribution in [-0.2, 0) is 0 Å². The number of benzene rings is 1. The van der Waals surface area contributed by atoms with E-state index >= 15 is 0 Å². The Hall–Kier alpha value is -1.20. The molecule has 0 aliphatic heterocycles. The lowest BCUT2D eigenvalue weighted by atomic mass is 10.1. The number of alkyl halides is 2. The highest BCUT2D eigenvalue weighted by Crippen LogP contribution is 2.19. The molecule has 0 radical (unpaired) electrons. The lowest BCUT2D eigenvalue weighted by molar-refractivity contribution is 0.0680. The van der Waals surface area contributed by atoms with Gasteiger partial charge in [-0.05, 0) is 24.7 Å². The SMILES string of the molecule is COc1cccc(C(O)CN(C)CC(F)F)c1. The lowest BCUT2D eigenvalue weighted by Gasteiger charge is -2.20. The first-order valence-electron chi connectivity index (χ1n) is 5.31. The first-order chi connectivity index (χ1) is 8.02. The normalized spacial score (nSPS) is 13.1. The molecule has 0 aliphatic rings. The fraction of sp³-hybridized carbons (Fsp3) is 0.500. The van der Waals surface area contributed by atoms with E-state index in [0.29, 0.717) is 11.3 Å². The second-order valence-electron chi connectivity index (χ2n) is 3.90. The highest BCUT2D eigenvalue weighted by atomic mass is 19.3. The van der Waals surface area contributed by atoms with Gasteiger partial charge in [0.05, 0.1) is 19.8 Å². The summed E-state index contributed by atoms with van der Waals surface area (Å²) in [5, 5.41) is 9.88. The van der Waals surface area contributed by atoms with Gasteiger partial charge in [0.1, 0.15) is 5.75 Å². The zero-order valence-corrected chi connectivity index (χ0v) is 9.94. The predicted octanol–water partition coefficient (Wildman–Crippen LogP) is 1.93. The maximum absolute atomic E-state index is 12.1. The number of methoxy groups -OCH3 is 1. The minimum Gasteiger partial charge on any atom is -0.497 e. The second-order valence-corrected chi connectivity index (χ2v) is 3.90. The van der Waals surface area contributed by atoms with Gasteiger partial charge in [-0.3, -0.25) is 4.90 Å². The highest BCUT2D eigenvalue weighted by molar-refractivity contribution is 5.29. The van der Waals surface area contributed by atoms with E-state index in [9.17, 15) is 13.9 Å². The number of nitrogens with zero attached hydrogens (tertiary/aromatic N) is 1. The standard InChI is InChI=1S/C12H17F2NO2/c1-15(8-12(13)14)7-11(16)9-4-3-5-10(6-9)17-2/h3-6,11-12,16H,7-8H2,1-2H3. The molecule has 0 amide bonds. The van der Waals surface area contributed by atoms with Gasteiger partial charge < -0.3 is 9.84 Å². The molecule has 17 heavy (non-hydrogen) atoms. The molecule has 1 rings (SSSR count). The molecule has 1 aromatic carbocycles. The van der Waals surface area contributed by atoms with Gasteiger partial charge in [0.25, 0.3) is 6.43 Å². The monoisotopic (exact) mass is 245 g/mol. The second kappa shape index (κ2) is 6.51. The summed E-state index contributed by atoms with van der Waals surface area (Å²) in [7, 11) is 3.09. The number of rotatable bonds is 6. The van der Waals surface area contributed by atoms with Crippen molar-refractivity contribution < 1.29 is 18.6 Å². The Bertz CT molecular complexity index is 347. The van der Waals surface area contributed by atoms with Crippen LogP contribution in [0.2, 0.25) is 0 Å². The summed E-state index contributed by atoms with van der Waals surface area (Å²) < 4.78 is 29.3. The summed E-state index contributed by atoms with van der Waals surface area (Å²) in [6.45, 7) is -0.182. The third kappa shape index (κ3) is 4.66. The molecule has 0 saturated heterocycles. The van der Waals surface area contributed by atoms with Crippen LogP contribution < -0.4 is 4.74 Å². The molecule has 1 N–H and O–H groups in total. The summed E-state index contributed by atoms with van der Waals surface area (Å²) in [4.78, 5) is 1.40. The summed E-state index contributed by atoms with van der Waals surface area (Å²) >= 11 is 0. The largest absolute Gasteiger partial charge is 0.497 e. The number of aliphatic hydroxyl groups is 1. The van der Waals surface area contributed by atoms with Gasteiger partial charge in [-0.2, -0.15) is 0 Å². The molecule has 0 aliphatic carbocycles. The number of ether oxygens (including phenoxy) is 1. The van der Waals surface area contributed by atoms with Crippen molar-refractivity contribution in [2.75, 3.05) is 27.2 Å². The quantitative estimate of drug-likeness (QED) is 0.831. The van der Waals surface area contributed by atoms with E-state index < -0.39 is 12.5 Å². The van der Waals surface area contributed by atoms with Gasteiger partial charge in [0.2, 0.25) is 0 Å². The molecule has 96 valence electrons. The van der Waals surface area contributed by atoms with Crippen molar-refractivity contribution in [1.82, 2.24) is 4.90 Å². The molecule has 0 heterocycles. The Balaban J connectivity index is 2.59. The van der Waals surface area contributed by atoms with Crippen LogP contribution in [0.25, 0.3) is 0 Å². The van der Waals surface area contributed by atoms with Crippen molar-refractivity contribution >= 4 is 0 Å². The Kier molecular flexibility index (Phi) is 5.31. The Morgan fingerprint density at radius 2 is 2.06 bits per heavy atom. The molecule has 0 aromatic heterocycles. The summed E-state index contributed by atoms with van der Waals surface area (Å²) in [6.07, 6.45) is -3.19. The Morgan fingerprint density at radius 1 is 1.35 bits per heavy atom. The van der Waals surface area contributed by atoms with Gasteiger partial charge >= 0.3 is 0 Å². The molecule has 1 atom stereocenters. The maximum Gasteiger partial charge on any atom is 0.251 e. The van der Waals surface area contributed by atoms with E-state index in [4.69, 9.17) is 4.74 Å². The molecular formula is C12H17F2NO2. The first-order valence-corrected chi connectivity index (χ1v) is 5.31. The van der Waals surface area contributed by atoms with E-state index in [1.807, 2.05) is 0 Å². The molecule has 0 spiro atoms. The van der Waals surface area contributed by atoms with Gasteiger partial charge in [-0.1, -0.05) is 12.1 Å². The van der Waals surface area contributed by atoms with Crippen LogP contribution in [0.4, 0.5) is 8.78 Å². The predicted molar refractivity (Wildman–Crippen MR) is 61.5 cm³/mol. The number of likely N-dealkylation sites (N-methyl/N-ethyl adjacent to an activating group) is 1. The average Bonchev–Trinajstić information content (AvgIpc) is 2.27. The van der Waals surface area contributed by atoms with Crippen molar-refractivity contribution in [3.8, 4) is 5.75 Å². The molecule has 1 aromatic rings. The minimum atomic E-state index is -2.39. The number of hydrogen-bond donors (Lipinski definition) is 1. The van der Waals surface area contributed by atoms with Crippen LogP contribution in [0.1, 0.15) is 11.7 Å². The van der Waals surface area contributed by atoms with Gasteiger partial charge in [-0.15, -0.1) is 0 Å². The van der Waals surface area contributed by atoms with E-state index in [2.05, 4.69) is 0 Å². The number of hydrogen-bond acceptors (Lipinski definition) is 3. The van der Waals surface area contributed by atoms with Crippen molar-refractivity contribution in [2.24, 2.45) is 0 Å². The smallest absolute Gasteiger partial charge is 0.251 e. The fourth-order valence-electron chi connectivity index (χ4n) is 1.56. The van der Waals surface area contributed by atoms with Crippen LogP contribution in [0, 0.1) is 0 Å². The molecule has 5 heteroatoms. The molecule has 1 unspecified atom stereocenters. The number of halogens is 2. The van der Waals surface area contributed by atoms with E-state index in [0.717, 1.165) is 0 Å². The van der Waals surface area contributed by atoms with Gasteiger partial charge in [0.15, 0.2) is 0 Å². The minimum absolute atomic E-state index is 0.164. The van der Waals surface area contributed by atoms with Crippen LogP contribution >= 0.6 is 0 Å². The van der Waals surface area contributed by atoms with E-state index in [-0.39, 0.29) is 13.1 Å². The van der Waals surface area contributed by atoms with Crippen LogP contribution in [0.3, 0.4) is 0 Å². The van der Waals surface area contributed by atoms with Crippen molar-refractivity contribution in [3.63, 3.8) is 0 Å². The molecule has 0 fully saturated rings. The maximum atomic E-state index is 12.1. The van der Waals surface area contributed by atoms with Crippen LogP contribution in [0.5, 0.6) is 5.75 Å². The molecule has 3 nitrogen and oxygen atoms in total. The number of aliphatic hydroxyl groups excluding tert-OH is 1. The van der Waals surface area contributed by atoms with E-state index in [1.165, 1.54) is 12.0 Å². The average molecular weight is 245 g/mol. The van der Waals surface area contributed by atoms with Crippen molar-refractivity contribution in [2.45, 2.75) is 12.5 Å². The highest BCUT2D eigenvalue weighted by Gasteiger charge is 2.14. The van der Waals surface area contributed by atoms with Gasteiger partial charge in [0, 0.05) is 6.54 Å². The summed E-state index contributed by atoms with van der Waals surface area (Å²) in [5.74, 6) is 0.637. The zero-order chi connectivity index (χ0) is 12.8. The van der Waals surface area contributed by atoms with Crippen molar-refractivity contribution in [1.29, 1.82) is 0 Å². The molecular weight excluding hydrogens is 228 g/mol. The molecule has 0 bridgehead atoms. The van der Waals surface area contributed by atoms with E-state index in [1.54, 1.807) is 31.3 Å². The third-order valence-corrected chi connectivity index (χ3v) is 2.41. The summed E-state index contributed by atoms with van der Waals surface area (Å²) in [6, 6.07) is 6.95. The fourth-order valence-corrected chi connectivity index (χ4v) is 1.56. The summed E-state index contributed by atoms with van der Waals surface area (Å²) in [5.41, 5.74) is 0.658. The van der Waals surface area contributed by atoms with Crippen LogP contribution in [0.15, 0.2) is 24.3 Å². The topological polar surface area (TPSA) is 32.7 Å². The third-order valence-electron chi connectivity index (χ3n) is 2.41. The zero-order valence-electron chi connectivity index (χ0n) is 9.94. The van der Waals surface area contributed by atoms with Gasteiger partial charge in [-0.25, -0.2) is 8.78 Å². The molecule has 0 saturated carbocycles. The Morgan fingerprint density at radius 3 is 2.65 bits per heavy atom. The first kappa shape index (κ1) is 13.9. The van der Waals surface area contributed by atoms with Crippen LogP contribution in [-0.4, -0.2) is 43.7 Å².